The van der Waals surface area contributed by atoms with Gasteiger partial charge in [-0.2, -0.15) is 0 Å². The van der Waals surface area contributed by atoms with Crippen LogP contribution in [0.4, 0.5) is 5.69 Å². The molecule has 0 radical (unpaired) electrons. The van der Waals surface area contributed by atoms with Gasteiger partial charge in [0.1, 0.15) is 5.75 Å². The first-order valence-electron chi connectivity index (χ1n) is 8.23. The standard InChI is InChI=1S/C19H25NO6S/c1-12(13-6-7-16(23-2)15(20)8-13)11-27(21,22)14-9-17(24-3)19(26-5)18(10-14)25-4/h6-10,12H,11,20H2,1-5H3. The Kier molecular flexibility index (Phi) is 6.43. The van der Waals surface area contributed by atoms with E-state index in [1.54, 1.807) is 12.1 Å². The summed E-state index contributed by atoms with van der Waals surface area (Å²) in [5, 5.41) is 0. The SMILES string of the molecule is COc1ccc(C(C)CS(=O)(=O)c2cc(OC)c(OC)c(OC)c2)cc1N. The maximum atomic E-state index is 13.0. The minimum absolute atomic E-state index is 0.0998. The summed E-state index contributed by atoms with van der Waals surface area (Å²) < 4.78 is 46.8. The Balaban J connectivity index is 2.37. The molecule has 0 aliphatic rings. The first-order chi connectivity index (χ1) is 12.8. The van der Waals surface area contributed by atoms with Crippen LogP contribution in [-0.4, -0.2) is 42.6 Å². The van der Waals surface area contributed by atoms with Crippen LogP contribution in [0.25, 0.3) is 0 Å². The highest BCUT2D eigenvalue weighted by molar-refractivity contribution is 7.91. The van der Waals surface area contributed by atoms with Gasteiger partial charge >= 0.3 is 0 Å². The number of nitrogen functional groups attached to an aromatic ring is 1. The molecule has 0 heterocycles. The van der Waals surface area contributed by atoms with Gasteiger partial charge in [-0.05, 0) is 23.6 Å². The van der Waals surface area contributed by atoms with Crippen LogP contribution in [0, 0.1) is 0 Å². The van der Waals surface area contributed by atoms with Crippen molar-refractivity contribution in [2.24, 2.45) is 0 Å². The Hall–Kier alpha value is -2.61. The summed E-state index contributed by atoms with van der Waals surface area (Å²) in [5.74, 6) is 1.10. The largest absolute Gasteiger partial charge is 0.495 e. The van der Waals surface area contributed by atoms with Gasteiger partial charge in [0.2, 0.25) is 5.75 Å². The third-order valence-electron chi connectivity index (χ3n) is 4.29. The van der Waals surface area contributed by atoms with Crippen LogP contribution in [0.1, 0.15) is 18.4 Å². The molecular formula is C19H25NO6S. The maximum absolute atomic E-state index is 13.0. The van der Waals surface area contributed by atoms with E-state index in [1.807, 2.05) is 13.0 Å². The summed E-state index contributed by atoms with van der Waals surface area (Å²) in [6.07, 6.45) is 0. The fraction of sp³-hybridized carbons (Fsp3) is 0.368. The monoisotopic (exact) mass is 395 g/mol. The lowest BCUT2D eigenvalue weighted by Gasteiger charge is -2.17. The minimum Gasteiger partial charge on any atom is -0.495 e. The molecule has 0 bridgehead atoms. The fourth-order valence-electron chi connectivity index (χ4n) is 2.82. The Morgan fingerprint density at radius 1 is 0.889 bits per heavy atom. The molecule has 0 aliphatic heterocycles. The molecule has 8 heteroatoms. The van der Waals surface area contributed by atoms with Gasteiger partial charge in [0, 0.05) is 12.1 Å². The fourth-order valence-corrected chi connectivity index (χ4v) is 4.43. The predicted molar refractivity (Wildman–Crippen MR) is 104 cm³/mol. The van der Waals surface area contributed by atoms with Gasteiger partial charge in [0.05, 0.1) is 44.8 Å². The third kappa shape index (κ3) is 4.39. The van der Waals surface area contributed by atoms with Crippen molar-refractivity contribution in [3.63, 3.8) is 0 Å². The maximum Gasteiger partial charge on any atom is 0.203 e. The van der Waals surface area contributed by atoms with Gasteiger partial charge in [-0.1, -0.05) is 13.0 Å². The lowest BCUT2D eigenvalue weighted by atomic mass is 10.0. The van der Waals surface area contributed by atoms with Crippen molar-refractivity contribution >= 4 is 15.5 Å². The van der Waals surface area contributed by atoms with Gasteiger partial charge in [-0.15, -0.1) is 0 Å². The number of ether oxygens (including phenoxy) is 4. The molecule has 0 amide bonds. The van der Waals surface area contributed by atoms with Gasteiger partial charge in [-0.3, -0.25) is 0 Å². The first-order valence-corrected chi connectivity index (χ1v) is 9.88. The van der Waals surface area contributed by atoms with E-state index in [-0.39, 0.29) is 28.1 Å². The van der Waals surface area contributed by atoms with Crippen LogP contribution in [0.3, 0.4) is 0 Å². The van der Waals surface area contributed by atoms with E-state index >= 15 is 0 Å². The van der Waals surface area contributed by atoms with Crippen LogP contribution in [0.2, 0.25) is 0 Å². The Bertz CT molecular complexity index is 885. The van der Waals surface area contributed by atoms with E-state index in [0.29, 0.717) is 17.2 Å². The van der Waals surface area contributed by atoms with E-state index in [1.165, 1.54) is 40.6 Å². The summed E-state index contributed by atoms with van der Waals surface area (Å²) in [6, 6.07) is 8.14. The normalized spacial score (nSPS) is 12.3. The Morgan fingerprint density at radius 2 is 1.44 bits per heavy atom. The quantitative estimate of drug-likeness (QED) is 0.686. The van der Waals surface area contributed by atoms with E-state index < -0.39 is 9.84 Å². The number of anilines is 1. The molecule has 0 aromatic heterocycles. The van der Waals surface area contributed by atoms with Crippen molar-refractivity contribution in [2.75, 3.05) is 39.9 Å². The summed E-state index contributed by atoms with van der Waals surface area (Å²) in [5.41, 5.74) is 7.21. The molecule has 27 heavy (non-hydrogen) atoms. The summed E-state index contributed by atoms with van der Waals surface area (Å²) in [4.78, 5) is 0.102. The van der Waals surface area contributed by atoms with Crippen LogP contribution >= 0.6 is 0 Å². The molecule has 0 aliphatic carbocycles. The molecule has 1 atom stereocenters. The number of nitrogens with two attached hydrogens (primary N) is 1. The summed E-state index contributed by atoms with van der Waals surface area (Å²) in [7, 11) is 2.26. The van der Waals surface area contributed by atoms with E-state index in [4.69, 9.17) is 24.7 Å². The second-order valence-corrected chi connectivity index (χ2v) is 8.08. The Morgan fingerprint density at radius 3 is 1.89 bits per heavy atom. The zero-order valence-electron chi connectivity index (χ0n) is 16.1. The van der Waals surface area contributed by atoms with Gasteiger partial charge < -0.3 is 24.7 Å². The highest BCUT2D eigenvalue weighted by Crippen LogP contribution is 2.40. The molecule has 2 N–H and O–H groups in total. The van der Waals surface area contributed by atoms with Crippen molar-refractivity contribution in [3.8, 4) is 23.0 Å². The number of methoxy groups -OCH3 is 4. The molecule has 1 unspecified atom stereocenters. The minimum atomic E-state index is -3.61. The topological polar surface area (TPSA) is 97.1 Å². The average molecular weight is 395 g/mol. The smallest absolute Gasteiger partial charge is 0.203 e. The molecule has 2 aromatic rings. The average Bonchev–Trinajstić information content (AvgIpc) is 2.66. The molecule has 0 saturated heterocycles. The second-order valence-electron chi connectivity index (χ2n) is 6.04. The van der Waals surface area contributed by atoms with Crippen LogP contribution in [-0.2, 0) is 9.84 Å². The molecule has 148 valence electrons. The lowest BCUT2D eigenvalue weighted by Crippen LogP contribution is -2.14. The van der Waals surface area contributed by atoms with Gasteiger partial charge in [0.25, 0.3) is 0 Å². The highest BCUT2D eigenvalue weighted by atomic mass is 32.2. The molecule has 2 aromatic carbocycles. The molecule has 2 rings (SSSR count). The van der Waals surface area contributed by atoms with Crippen molar-refractivity contribution in [1.82, 2.24) is 0 Å². The van der Waals surface area contributed by atoms with Gasteiger partial charge in [0.15, 0.2) is 21.3 Å². The van der Waals surface area contributed by atoms with E-state index in [2.05, 4.69) is 0 Å². The van der Waals surface area contributed by atoms with Crippen molar-refractivity contribution in [1.29, 1.82) is 0 Å². The first kappa shape index (κ1) is 20.7. The third-order valence-corrected chi connectivity index (χ3v) is 6.18. The summed E-state index contributed by atoms with van der Waals surface area (Å²) in [6.45, 7) is 1.83. The van der Waals surface area contributed by atoms with Gasteiger partial charge in [-0.25, -0.2) is 8.42 Å². The van der Waals surface area contributed by atoms with E-state index in [0.717, 1.165) is 5.56 Å². The number of hydrogen-bond acceptors (Lipinski definition) is 7. The van der Waals surface area contributed by atoms with E-state index in [9.17, 15) is 8.42 Å². The molecule has 0 saturated carbocycles. The lowest BCUT2D eigenvalue weighted by molar-refractivity contribution is 0.323. The van der Waals surface area contributed by atoms with Crippen molar-refractivity contribution < 1.29 is 27.4 Å². The van der Waals surface area contributed by atoms with Crippen molar-refractivity contribution in [3.05, 3.63) is 35.9 Å². The van der Waals surface area contributed by atoms with Crippen molar-refractivity contribution in [2.45, 2.75) is 17.7 Å². The number of benzene rings is 2. The summed E-state index contributed by atoms with van der Waals surface area (Å²) >= 11 is 0. The molecule has 0 spiro atoms. The molecular weight excluding hydrogens is 370 g/mol. The zero-order valence-corrected chi connectivity index (χ0v) is 16.9. The second kappa shape index (κ2) is 8.39. The number of sulfone groups is 1. The van der Waals surface area contributed by atoms with Crippen LogP contribution in [0.5, 0.6) is 23.0 Å². The predicted octanol–water partition coefficient (Wildman–Crippen LogP) is 2.88. The van der Waals surface area contributed by atoms with Crippen LogP contribution < -0.4 is 24.7 Å². The zero-order chi connectivity index (χ0) is 20.2. The number of hydrogen-bond donors (Lipinski definition) is 1. The molecule has 0 fully saturated rings. The Labute approximate surface area is 159 Å². The number of rotatable bonds is 8. The van der Waals surface area contributed by atoms with Crippen LogP contribution in [0.15, 0.2) is 35.2 Å². The molecule has 7 nitrogen and oxygen atoms in total. The highest BCUT2D eigenvalue weighted by Gasteiger charge is 2.24.